The van der Waals surface area contributed by atoms with Crippen molar-refractivity contribution in [3.05, 3.63) is 333 Å². The van der Waals surface area contributed by atoms with Gasteiger partial charge in [0.2, 0.25) is 11.2 Å². The van der Waals surface area contributed by atoms with Gasteiger partial charge in [-0.05, 0) is 109 Å². The first-order chi connectivity index (χ1) is 51.0. The van der Waals surface area contributed by atoms with Crippen LogP contribution in [0.25, 0.3) is 190 Å². The summed E-state index contributed by atoms with van der Waals surface area (Å²) < 4.78 is 12.1. The van der Waals surface area contributed by atoms with Gasteiger partial charge < -0.3 is 14.1 Å². The van der Waals surface area contributed by atoms with E-state index in [0.29, 0.717) is 29.2 Å². The lowest BCUT2D eigenvalue weighted by Gasteiger charge is -2.10. The fourth-order valence-corrected chi connectivity index (χ4v) is 17.3. The van der Waals surface area contributed by atoms with Crippen molar-refractivity contribution in [3.8, 4) is 62.9 Å². The van der Waals surface area contributed by atoms with Gasteiger partial charge in [0.1, 0.15) is 0 Å². The summed E-state index contributed by atoms with van der Waals surface area (Å²) in [7, 11) is 0. The van der Waals surface area contributed by atoms with Crippen LogP contribution in [0.4, 0.5) is 0 Å². The predicted octanol–water partition coefficient (Wildman–Crippen LogP) is 24.4. The van der Waals surface area contributed by atoms with Gasteiger partial charge in [0, 0.05) is 128 Å². The molecule has 0 aliphatic rings. The Bertz CT molecular complexity index is 6930. The van der Waals surface area contributed by atoms with E-state index in [-0.39, 0.29) is 5.28 Å². The van der Waals surface area contributed by atoms with E-state index in [2.05, 4.69) is 264 Å². The van der Waals surface area contributed by atoms with Gasteiger partial charge in [-0.2, -0.15) is 19.9 Å². The summed E-state index contributed by atoms with van der Waals surface area (Å²) in [5.41, 5.74) is 15.6. The molecule has 0 bridgehead atoms. The maximum Gasteiger partial charge on any atom is 0.238 e. The van der Waals surface area contributed by atoms with Crippen molar-refractivity contribution < 1.29 is 0 Å². The Morgan fingerprint density at radius 3 is 0.951 bits per heavy atom. The third-order valence-electron chi connectivity index (χ3n) is 19.5. The van der Waals surface area contributed by atoms with Crippen molar-refractivity contribution in [2.75, 3.05) is 0 Å². The fraction of sp³-hybridized carbons (Fsp3) is 0. The molecule has 1 N–H and O–H groups in total. The van der Waals surface area contributed by atoms with Crippen LogP contribution in [-0.2, 0) is 0 Å². The SMILES string of the molecule is Clc1nc(-c2ccccc2)nc(-c2ccccc2)n1.c1ccc(-c2nc(-c3ccccc3)nc(-n3c4ccccc4c4cc5c(cc43)sc3cc4c(cc35)c3ccccc3n4-c3ccccc3)n2)cc1.c1ccc(-n2c3ccccc3c3cc4c(cc32)sc2cc3[nH]c5ccccc5c3cc24)cc1. The van der Waals surface area contributed by atoms with E-state index in [1.54, 1.807) is 0 Å². The second-order valence-electron chi connectivity index (χ2n) is 25.6. The van der Waals surface area contributed by atoms with E-state index in [1.165, 1.54) is 122 Å². The van der Waals surface area contributed by atoms with Crippen LogP contribution in [0.3, 0.4) is 0 Å². The van der Waals surface area contributed by atoms with Gasteiger partial charge in [0.05, 0.1) is 33.1 Å². The molecule has 14 aromatic carbocycles. The van der Waals surface area contributed by atoms with Gasteiger partial charge in [0.15, 0.2) is 23.3 Å². The number of aromatic nitrogens is 10. The average Bonchev–Trinajstić information content (AvgIpc) is 1.57. The van der Waals surface area contributed by atoms with Crippen molar-refractivity contribution in [1.82, 2.24) is 48.6 Å². The van der Waals surface area contributed by atoms with Crippen LogP contribution in [0.15, 0.2) is 328 Å². The Kier molecular flexibility index (Phi) is 14.4. The van der Waals surface area contributed by atoms with Gasteiger partial charge in [-0.1, -0.05) is 231 Å². The normalized spacial score (nSPS) is 11.7. The number of hydrogen-bond acceptors (Lipinski definition) is 8. The highest BCUT2D eigenvalue weighted by Crippen LogP contribution is 2.46. The molecule has 22 aromatic rings. The maximum atomic E-state index is 5.99. The summed E-state index contributed by atoms with van der Waals surface area (Å²) in [6.45, 7) is 0. The van der Waals surface area contributed by atoms with Crippen LogP contribution in [0.5, 0.6) is 0 Å². The number of benzene rings is 14. The van der Waals surface area contributed by atoms with Gasteiger partial charge >= 0.3 is 0 Å². The molecule has 10 nitrogen and oxygen atoms in total. The lowest BCUT2D eigenvalue weighted by Crippen LogP contribution is -2.06. The number of halogens is 1. The van der Waals surface area contributed by atoms with Crippen LogP contribution in [0.2, 0.25) is 5.28 Å². The molecule has 8 aromatic heterocycles. The molecule has 22 rings (SSSR count). The van der Waals surface area contributed by atoms with Crippen molar-refractivity contribution in [2.24, 2.45) is 0 Å². The van der Waals surface area contributed by atoms with Crippen LogP contribution < -0.4 is 0 Å². The monoisotopic (exact) mass is 1370 g/mol. The highest BCUT2D eigenvalue weighted by atomic mass is 35.5. The van der Waals surface area contributed by atoms with Crippen LogP contribution in [0.1, 0.15) is 0 Å². The number of thiophene rings is 2. The molecule has 0 atom stereocenters. The Balaban J connectivity index is 0.000000116. The maximum absolute atomic E-state index is 5.99. The van der Waals surface area contributed by atoms with E-state index < -0.39 is 0 Å². The highest BCUT2D eigenvalue weighted by molar-refractivity contribution is 7.26. The third kappa shape index (κ3) is 10.4. The third-order valence-corrected chi connectivity index (χ3v) is 21.9. The predicted molar refractivity (Wildman–Crippen MR) is 431 cm³/mol. The summed E-state index contributed by atoms with van der Waals surface area (Å²) in [5.74, 6) is 3.06. The van der Waals surface area contributed by atoms with E-state index in [1.807, 2.05) is 120 Å². The van der Waals surface area contributed by atoms with Crippen molar-refractivity contribution in [3.63, 3.8) is 0 Å². The molecule has 8 heterocycles. The molecule has 0 spiro atoms. The van der Waals surface area contributed by atoms with Gasteiger partial charge in [0.25, 0.3) is 0 Å². The second kappa shape index (κ2) is 24.7. The molecule has 0 aliphatic heterocycles. The average molecular weight is 1380 g/mol. The number of hydrogen-bond donors (Lipinski definition) is 1. The van der Waals surface area contributed by atoms with Gasteiger partial charge in [-0.15, -0.1) is 22.7 Å². The number of nitrogens with zero attached hydrogens (tertiary/aromatic N) is 9. The van der Waals surface area contributed by atoms with E-state index >= 15 is 0 Å². The second-order valence-corrected chi connectivity index (χ2v) is 28.1. The molecule has 0 aliphatic carbocycles. The van der Waals surface area contributed by atoms with Crippen molar-refractivity contribution in [1.29, 1.82) is 0 Å². The van der Waals surface area contributed by atoms with Crippen LogP contribution in [0, 0.1) is 0 Å². The molecule has 0 saturated heterocycles. The molecule has 0 saturated carbocycles. The minimum absolute atomic E-state index is 0.202. The molecule has 0 radical (unpaired) electrons. The first-order valence-corrected chi connectivity index (χ1v) is 36.1. The van der Waals surface area contributed by atoms with Crippen molar-refractivity contribution in [2.45, 2.75) is 0 Å². The first kappa shape index (κ1) is 60.0. The molecule has 0 amide bonds. The lowest BCUT2D eigenvalue weighted by molar-refractivity contribution is 0.954. The minimum atomic E-state index is 0.202. The Morgan fingerprint density at radius 1 is 0.233 bits per heavy atom. The van der Waals surface area contributed by atoms with Crippen LogP contribution in [-0.4, -0.2) is 48.6 Å². The summed E-state index contributed by atoms with van der Waals surface area (Å²) in [4.78, 5) is 31.6. The highest BCUT2D eigenvalue weighted by Gasteiger charge is 2.23. The Hall–Kier alpha value is -13.0. The fourth-order valence-electron chi connectivity index (χ4n) is 14.9. The first-order valence-electron chi connectivity index (χ1n) is 34.1. The van der Waals surface area contributed by atoms with Crippen molar-refractivity contribution >= 4 is 162 Å². The molecular weight excluding hydrogens is 1320 g/mol. The summed E-state index contributed by atoms with van der Waals surface area (Å²) in [5, 5.41) is 15.5. The molecule has 0 unspecified atom stereocenters. The molecule has 103 heavy (non-hydrogen) atoms. The number of H-pyrrole nitrogens is 1. The molecule has 0 fully saturated rings. The quantitative estimate of drug-likeness (QED) is 0.170. The lowest BCUT2D eigenvalue weighted by atomic mass is 10.1. The summed E-state index contributed by atoms with van der Waals surface area (Å²) >= 11 is 9.71. The summed E-state index contributed by atoms with van der Waals surface area (Å²) in [6, 6.07) is 115. The molecule has 484 valence electrons. The zero-order chi connectivity index (χ0) is 68.1. The number of rotatable bonds is 7. The Labute approximate surface area is 602 Å². The minimum Gasteiger partial charge on any atom is -0.354 e. The van der Waals surface area contributed by atoms with E-state index in [4.69, 9.17) is 26.6 Å². The van der Waals surface area contributed by atoms with Gasteiger partial charge in [-0.25, -0.2) is 9.97 Å². The number of para-hydroxylation sites is 6. The van der Waals surface area contributed by atoms with Gasteiger partial charge in [-0.3, -0.25) is 4.57 Å². The van der Waals surface area contributed by atoms with Crippen LogP contribution >= 0.6 is 34.3 Å². The van der Waals surface area contributed by atoms with E-state index in [9.17, 15) is 0 Å². The molecule has 13 heteroatoms. The number of aromatic amines is 1. The smallest absolute Gasteiger partial charge is 0.238 e. The zero-order valence-electron chi connectivity index (χ0n) is 54.9. The molecular formula is C90H55ClN10S2. The number of nitrogens with one attached hydrogen (secondary N) is 1. The number of fused-ring (bicyclic) bond motifs is 18. The Morgan fingerprint density at radius 2 is 0.544 bits per heavy atom. The standard InChI is InChI=1S/C45H27N5S.C30H18N2S.C15H10ClN3/c1-4-14-28(15-5-1)43-46-44(29-16-6-2-7-17-29)48-45(47-43)50-38-23-13-11-21-32(38)34-25-36-35-24-33-31-20-10-12-22-37(31)49(30-18-8-3-9-19-30)39(33)26-41(35)51-42(36)27-40(34)50;1-2-8-18(9-3-1)32-27-13-7-5-11-20(27)22-15-24-23-14-21-19-10-4-6-12-25(19)31-26(21)16-29(23)33-30(24)17-28(22)32;16-15-18-13(11-7-3-1-4-8-11)17-14(19-15)12-9-5-2-6-10-12/h1-27H;1-17,31H;1-10H. The topological polar surface area (TPSA) is 108 Å². The zero-order valence-corrected chi connectivity index (χ0v) is 57.3. The largest absolute Gasteiger partial charge is 0.354 e. The van der Waals surface area contributed by atoms with E-state index in [0.717, 1.165) is 39.0 Å². The summed E-state index contributed by atoms with van der Waals surface area (Å²) in [6.07, 6.45) is 0.